The highest BCUT2D eigenvalue weighted by Crippen LogP contribution is 2.19. The Morgan fingerprint density at radius 2 is 2.36 bits per heavy atom. The quantitative estimate of drug-likeness (QED) is 0.578. The van der Waals surface area contributed by atoms with Gasteiger partial charge in [-0.2, -0.15) is 4.47 Å². The van der Waals surface area contributed by atoms with Crippen LogP contribution < -0.4 is 9.61 Å². The Morgan fingerprint density at radius 3 is 3.07 bits per heavy atom. The minimum Gasteiger partial charge on any atom is -0.283 e. The molecule has 0 radical (unpaired) electrons. The molecule has 0 saturated heterocycles. The number of imidazole rings is 1. The van der Waals surface area contributed by atoms with E-state index in [1.54, 1.807) is 10.6 Å². The van der Waals surface area contributed by atoms with Crippen molar-refractivity contribution in [2.45, 2.75) is 6.92 Å². The van der Waals surface area contributed by atoms with Crippen LogP contribution in [0, 0.1) is 6.92 Å². The fourth-order valence-electron chi connectivity index (χ4n) is 1.27. The summed E-state index contributed by atoms with van der Waals surface area (Å²) in [6, 6.07) is 3.84. The zero-order chi connectivity index (χ0) is 10.1. The third-order valence-corrected chi connectivity index (χ3v) is 2.32. The molecule has 0 unspecified atom stereocenters. The van der Waals surface area contributed by atoms with Gasteiger partial charge in [0.1, 0.15) is 5.65 Å². The van der Waals surface area contributed by atoms with Crippen molar-refractivity contribution in [3.8, 4) is 0 Å². The Morgan fingerprint density at radius 1 is 1.57 bits per heavy atom. The molecular formula is C8H10N4OS. The first-order chi connectivity index (χ1) is 6.72. The highest BCUT2D eigenvalue weighted by molar-refractivity contribution is 7.98. The van der Waals surface area contributed by atoms with Crippen molar-refractivity contribution in [2.75, 3.05) is 4.47 Å². The van der Waals surface area contributed by atoms with Crippen LogP contribution in [0.25, 0.3) is 5.65 Å². The third kappa shape index (κ3) is 1.43. The molecular weight excluding hydrogens is 200 g/mol. The molecule has 0 atom stereocenters. The van der Waals surface area contributed by atoms with Crippen LogP contribution in [0.5, 0.6) is 0 Å². The molecule has 0 aromatic carbocycles. The minimum atomic E-state index is 0.538. The lowest BCUT2D eigenvalue weighted by molar-refractivity contribution is 0.328. The Kier molecular flexibility index (Phi) is 2.32. The summed E-state index contributed by atoms with van der Waals surface area (Å²) in [7, 11) is 0. The number of nitrogens with two attached hydrogens (primary N) is 1. The molecule has 2 aromatic rings. The smallest absolute Gasteiger partial charge is 0.171 e. The molecule has 0 bridgehead atoms. The van der Waals surface area contributed by atoms with Crippen LogP contribution >= 0.6 is 12.1 Å². The van der Waals surface area contributed by atoms with Crippen molar-refractivity contribution in [2.24, 2.45) is 5.14 Å². The summed E-state index contributed by atoms with van der Waals surface area (Å²) in [6.07, 6.45) is 3.45. The molecule has 2 rings (SSSR count). The highest BCUT2D eigenvalue weighted by Gasteiger charge is 2.08. The molecule has 74 valence electrons. The van der Waals surface area contributed by atoms with Gasteiger partial charge in [0.15, 0.2) is 5.82 Å². The number of aromatic nitrogens is 2. The molecule has 0 spiro atoms. The molecule has 0 saturated carbocycles. The SMILES string of the molecule is Cc1ccc2ncc(N(O)SN)n2c1. The Hall–Kier alpha value is -1.24. The predicted octanol–water partition coefficient (Wildman–Crippen LogP) is 1.36. The number of aryl methyl sites for hydroxylation is 1. The van der Waals surface area contributed by atoms with Gasteiger partial charge in [0.05, 0.1) is 18.3 Å². The standard InChI is InChI=1S/C8H10N4OS/c1-6-2-3-7-10-4-8(11(7)5-6)12(13)14-9/h2-5,13H,9H2,1H3. The number of hydrogen-bond donors (Lipinski definition) is 2. The van der Waals surface area contributed by atoms with Crippen molar-refractivity contribution >= 4 is 23.6 Å². The van der Waals surface area contributed by atoms with E-state index < -0.39 is 0 Å². The maximum absolute atomic E-state index is 9.42. The van der Waals surface area contributed by atoms with Crippen molar-refractivity contribution in [1.29, 1.82) is 0 Å². The van der Waals surface area contributed by atoms with E-state index in [-0.39, 0.29) is 0 Å². The lowest BCUT2D eigenvalue weighted by Crippen LogP contribution is -2.12. The summed E-state index contributed by atoms with van der Waals surface area (Å²) < 4.78 is 2.65. The lowest BCUT2D eigenvalue weighted by atomic mass is 10.3. The van der Waals surface area contributed by atoms with Crippen LogP contribution in [-0.2, 0) is 0 Å². The van der Waals surface area contributed by atoms with Crippen molar-refractivity contribution in [3.63, 3.8) is 0 Å². The van der Waals surface area contributed by atoms with E-state index in [0.717, 1.165) is 27.8 Å². The normalized spacial score (nSPS) is 10.8. The summed E-state index contributed by atoms with van der Waals surface area (Å²) in [5.74, 6) is 0.538. The maximum Gasteiger partial charge on any atom is 0.171 e. The molecule has 5 nitrogen and oxygen atoms in total. The second-order valence-corrected chi connectivity index (χ2v) is 3.49. The summed E-state index contributed by atoms with van der Waals surface area (Å²) in [5.41, 5.74) is 1.87. The number of nitrogens with zero attached hydrogens (tertiary/aromatic N) is 3. The Balaban J connectivity index is 2.61. The van der Waals surface area contributed by atoms with Gasteiger partial charge in [0.2, 0.25) is 0 Å². The van der Waals surface area contributed by atoms with Gasteiger partial charge in [-0.3, -0.25) is 14.7 Å². The van der Waals surface area contributed by atoms with Gasteiger partial charge < -0.3 is 0 Å². The zero-order valence-corrected chi connectivity index (χ0v) is 8.40. The summed E-state index contributed by atoms with van der Waals surface area (Å²) in [5, 5.41) is 14.7. The van der Waals surface area contributed by atoms with Crippen molar-refractivity contribution < 1.29 is 5.21 Å². The van der Waals surface area contributed by atoms with E-state index >= 15 is 0 Å². The molecule has 6 heteroatoms. The first kappa shape index (κ1) is 9.32. The van der Waals surface area contributed by atoms with Crippen LogP contribution in [0.3, 0.4) is 0 Å². The molecule has 2 aromatic heterocycles. The van der Waals surface area contributed by atoms with Gasteiger partial charge in [-0.1, -0.05) is 6.07 Å². The summed E-state index contributed by atoms with van der Waals surface area (Å²) >= 11 is 0.731. The molecule has 0 aliphatic heterocycles. The molecule has 0 amide bonds. The maximum atomic E-state index is 9.42. The number of rotatable bonds is 2. The lowest BCUT2D eigenvalue weighted by Gasteiger charge is -2.10. The van der Waals surface area contributed by atoms with Crippen molar-refractivity contribution in [3.05, 3.63) is 30.1 Å². The first-order valence-corrected chi connectivity index (χ1v) is 4.85. The number of anilines is 1. The average Bonchev–Trinajstić information content (AvgIpc) is 2.59. The molecule has 2 heterocycles. The molecule has 14 heavy (non-hydrogen) atoms. The second-order valence-electron chi connectivity index (χ2n) is 2.93. The van der Waals surface area contributed by atoms with E-state index in [2.05, 4.69) is 4.98 Å². The number of pyridine rings is 1. The molecule has 3 N–H and O–H groups in total. The molecule has 0 aliphatic rings. The Labute approximate surface area is 85.4 Å². The van der Waals surface area contributed by atoms with E-state index in [9.17, 15) is 5.21 Å². The first-order valence-electron chi connectivity index (χ1n) is 4.02. The van der Waals surface area contributed by atoms with E-state index in [1.165, 1.54) is 0 Å². The third-order valence-electron chi connectivity index (χ3n) is 1.93. The van der Waals surface area contributed by atoms with Crippen LogP contribution in [0.2, 0.25) is 0 Å². The van der Waals surface area contributed by atoms with Gasteiger partial charge in [0.25, 0.3) is 0 Å². The zero-order valence-electron chi connectivity index (χ0n) is 7.58. The highest BCUT2D eigenvalue weighted by atomic mass is 32.2. The van der Waals surface area contributed by atoms with E-state index in [0.29, 0.717) is 5.82 Å². The number of hydrogen-bond acceptors (Lipinski definition) is 5. The van der Waals surface area contributed by atoms with Crippen LogP contribution in [-0.4, -0.2) is 14.6 Å². The summed E-state index contributed by atoms with van der Waals surface area (Å²) in [4.78, 5) is 4.12. The van der Waals surface area contributed by atoms with E-state index in [1.807, 2.05) is 25.3 Å². The largest absolute Gasteiger partial charge is 0.283 e. The van der Waals surface area contributed by atoms with Gasteiger partial charge in [0, 0.05) is 6.20 Å². The van der Waals surface area contributed by atoms with Crippen LogP contribution in [0.15, 0.2) is 24.5 Å². The van der Waals surface area contributed by atoms with Gasteiger partial charge in [-0.25, -0.2) is 4.98 Å². The topological polar surface area (TPSA) is 66.8 Å². The average molecular weight is 210 g/mol. The monoisotopic (exact) mass is 210 g/mol. The number of fused-ring (bicyclic) bond motifs is 1. The van der Waals surface area contributed by atoms with Crippen LogP contribution in [0.4, 0.5) is 5.82 Å². The summed E-state index contributed by atoms with van der Waals surface area (Å²) in [6.45, 7) is 1.97. The van der Waals surface area contributed by atoms with Crippen molar-refractivity contribution in [1.82, 2.24) is 9.38 Å². The minimum absolute atomic E-state index is 0.538. The van der Waals surface area contributed by atoms with E-state index in [4.69, 9.17) is 5.14 Å². The fourth-order valence-corrected chi connectivity index (χ4v) is 1.51. The van der Waals surface area contributed by atoms with Crippen LogP contribution in [0.1, 0.15) is 5.56 Å². The molecule has 0 aliphatic carbocycles. The molecule has 0 fully saturated rings. The van der Waals surface area contributed by atoms with Gasteiger partial charge >= 0.3 is 0 Å². The Bertz CT molecular complexity index is 456. The van der Waals surface area contributed by atoms with Gasteiger partial charge in [-0.05, 0) is 18.6 Å². The second kappa shape index (κ2) is 3.49. The fraction of sp³-hybridized carbons (Fsp3) is 0.125. The van der Waals surface area contributed by atoms with Gasteiger partial charge in [-0.15, -0.1) is 0 Å². The predicted molar refractivity (Wildman–Crippen MR) is 56.0 cm³/mol.